The number of ether oxygens (including phenoxy) is 1. The van der Waals surface area contributed by atoms with Crippen LogP contribution in [0.2, 0.25) is 0 Å². The Morgan fingerprint density at radius 2 is 2.00 bits per heavy atom. The third-order valence-electron chi connectivity index (χ3n) is 3.11. The fraction of sp³-hybridized carbons (Fsp3) is 0.500. The molecule has 2 N–H and O–H groups in total. The van der Waals surface area contributed by atoms with Crippen LogP contribution in [0.1, 0.15) is 25.8 Å². The van der Waals surface area contributed by atoms with Crippen molar-refractivity contribution < 1.29 is 14.8 Å². The smallest absolute Gasteiger partial charge is 0.365 e. The molecule has 0 aliphatic heterocycles. The van der Waals surface area contributed by atoms with Gasteiger partial charge in [0.2, 0.25) is 0 Å². The third kappa shape index (κ3) is 4.19. The summed E-state index contributed by atoms with van der Waals surface area (Å²) in [5, 5.41) is 1.93. The van der Waals surface area contributed by atoms with Gasteiger partial charge in [-0.2, -0.15) is 0 Å². The first-order chi connectivity index (χ1) is 8.19. The van der Waals surface area contributed by atoms with Gasteiger partial charge in [0, 0.05) is 5.92 Å². The molecular weight excluding hydrogens is 214 g/mol. The largest absolute Gasteiger partial charge is 0.456 e. The van der Waals surface area contributed by atoms with Gasteiger partial charge in [-0.25, -0.2) is 4.79 Å². The Kier molecular flexibility index (Phi) is 5.70. The molecule has 0 saturated heterocycles. The minimum atomic E-state index is -0.120. The van der Waals surface area contributed by atoms with Gasteiger partial charge >= 0.3 is 5.97 Å². The van der Waals surface area contributed by atoms with Gasteiger partial charge in [-0.1, -0.05) is 44.2 Å². The number of carbonyl (C=O) groups excluding carboxylic acids is 1. The quantitative estimate of drug-likeness (QED) is 0.757. The average molecular weight is 236 g/mol. The predicted octanol–water partition coefficient (Wildman–Crippen LogP) is 1.34. The van der Waals surface area contributed by atoms with Gasteiger partial charge in [0.15, 0.2) is 6.04 Å². The standard InChI is InChI=1S/C14H21NO2/c1-4-11(2)13(15-3)14(16)17-10-12-8-6-5-7-9-12/h5-9,11,13,15H,4,10H2,1-3H3/p+1/t11-,13+/m1/s1. The van der Waals surface area contributed by atoms with E-state index in [9.17, 15) is 4.79 Å². The summed E-state index contributed by atoms with van der Waals surface area (Å²) in [6.45, 7) is 4.53. The first kappa shape index (κ1) is 13.7. The molecule has 1 rings (SSSR count). The topological polar surface area (TPSA) is 42.9 Å². The van der Waals surface area contributed by atoms with Crippen molar-refractivity contribution in [2.45, 2.75) is 32.9 Å². The Bertz CT molecular complexity index is 337. The molecule has 0 unspecified atom stereocenters. The fourth-order valence-corrected chi connectivity index (χ4v) is 1.78. The number of nitrogens with two attached hydrogens (primary N) is 1. The van der Waals surface area contributed by atoms with Crippen molar-refractivity contribution in [3.63, 3.8) is 0 Å². The molecule has 0 radical (unpaired) electrons. The minimum absolute atomic E-state index is 0.0938. The zero-order valence-corrected chi connectivity index (χ0v) is 10.8. The van der Waals surface area contributed by atoms with Crippen LogP contribution in [0.25, 0.3) is 0 Å². The number of likely N-dealkylation sites (N-methyl/N-ethyl adjacent to an activating group) is 1. The van der Waals surface area contributed by atoms with Crippen LogP contribution in [0.15, 0.2) is 30.3 Å². The van der Waals surface area contributed by atoms with Crippen molar-refractivity contribution in [2.24, 2.45) is 5.92 Å². The maximum absolute atomic E-state index is 11.9. The zero-order valence-electron chi connectivity index (χ0n) is 10.8. The van der Waals surface area contributed by atoms with E-state index in [2.05, 4.69) is 13.8 Å². The molecule has 0 aliphatic rings. The van der Waals surface area contributed by atoms with E-state index in [-0.39, 0.29) is 12.0 Å². The average Bonchev–Trinajstić information content (AvgIpc) is 2.38. The van der Waals surface area contributed by atoms with Gasteiger partial charge in [-0.3, -0.25) is 0 Å². The highest BCUT2D eigenvalue weighted by Gasteiger charge is 2.27. The minimum Gasteiger partial charge on any atom is -0.456 e. The Labute approximate surface area is 103 Å². The number of quaternary nitrogens is 1. The summed E-state index contributed by atoms with van der Waals surface area (Å²) < 4.78 is 5.33. The van der Waals surface area contributed by atoms with Crippen molar-refractivity contribution in [1.82, 2.24) is 0 Å². The molecule has 1 aromatic rings. The number of rotatable bonds is 6. The van der Waals surface area contributed by atoms with Crippen molar-refractivity contribution in [2.75, 3.05) is 7.05 Å². The highest BCUT2D eigenvalue weighted by molar-refractivity contribution is 5.74. The second-order valence-electron chi connectivity index (χ2n) is 4.34. The monoisotopic (exact) mass is 236 g/mol. The lowest BCUT2D eigenvalue weighted by Crippen LogP contribution is -2.90. The van der Waals surface area contributed by atoms with E-state index in [0.717, 1.165) is 12.0 Å². The molecule has 0 fully saturated rings. The fourth-order valence-electron chi connectivity index (χ4n) is 1.78. The first-order valence-electron chi connectivity index (χ1n) is 6.19. The molecular formula is C14H22NO2+. The van der Waals surface area contributed by atoms with Crippen molar-refractivity contribution in [3.05, 3.63) is 35.9 Å². The van der Waals surface area contributed by atoms with Crippen LogP contribution in [0, 0.1) is 5.92 Å². The molecule has 0 heterocycles. The van der Waals surface area contributed by atoms with Gasteiger partial charge < -0.3 is 10.1 Å². The normalized spacial score (nSPS) is 14.1. The van der Waals surface area contributed by atoms with Crippen LogP contribution in [0.5, 0.6) is 0 Å². The van der Waals surface area contributed by atoms with Crippen LogP contribution >= 0.6 is 0 Å². The van der Waals surface area contributed by atoms with Crippen molar-refractivity contribution in [3.8, 4) is 0 Å². The summed E-state index contributed by atoms with van der Waals surface area (Å²) in [5.74, 6) is 0.217. The van der Waals surface area contributed by atoms with Gasteiger partial charge in [-0.15, -0.1) is 0 Å². The summed E-state index contributed by atoms with van der Waals surface area (Å²) in [5.41, 5.74) is 1.03. The molecule has 0 aliphatic carbocycles. The molecule has 2 atom stereocenters. The highest BCUT2D eigenvalue weighted by atomic mass is 16.5. The second-order valence-corrected chi connectivity index (χ2v) is 4.34. The summed E-state index contributed by atoms with van der Waals surface area (Å²) in [6, 6.07) is 9.67. The predicted molar refractivity (Wildman–Crippen MR) is 67.3 cm³/mol. The number of hydrogen-bond donors (Lipinski definition) is 1. The second kappa shape index (κ2) is 7.07. The maximum atomic E-state index is 11.9. The highest BCUT2D eigenvalue weighted by Crippen LogP contribution is 2.07. The SMILES string of the molecule is CC[C@@H](C)[C@H]([NH2+]C)C(=O)OCc1ccccc1. The Balaban J connectivity index is 2.48. The van der Waals surface area contributed by atoms with Crippen LogP contribution in [-0.4, -0.2) is 19.1 Å². The van der Waals surface area contributed by atoms with Gasteiger partial charge in [0.25, 0.3) is 0 Å². The van der Waals surface area contributed by atoms with Crippen LogP contribution in [0.4, 0.5) is 0 Å². The van der Waals surface area contributed by atoms with E-state index in [4.69, 9.17) is 4.74 Å². The van der Waals surface area contributed by atoms with E-state index >= 15 is 0 Å². The van der Waals surface area contributed by atoms with Gasteiger partial charge in [0.1, 0.15) is 6.61 Å². The van der Waals surface area contributed by atoms with Gasteiger partial charge in [-0.05, 0) is 12.0 Å². The number of carbonyl (C=O) groups is 1. The van der Waals surface area contributed by atoms with E-state index in [1.165, 1.54) is 0 Å². The van der Waals surface area contributed by atoms with E-state index < -0.39 is 0 Å². The van der Waals surface area contributed by atoms with E-state index in [1.807, 2.05) is 42.7 Å². The number of esters is 1. The lowest BCUT2D eigenvalue weighted by atomic mass is 10.00. The first-order valence-corrected chi connectivity index (χ1v) is 6.19. The van der Waals surface area contributed by atoms with Crippen LogP contribution in [0.3, 0.4) is 0 Å². The van der Waals surface area contributed by atoms with Gasteiger partial charge in [0.05, 0.1) is 7.05 Å². The molecule has 94 valence electrons. The molecule has 0 saturated carbocycles. The molecule has 17 heavy (non-hydrogen) atoms. The lowest BCUT2D eigenvalue weighted by molar-refractivity contribution is -0.658. The summed E-state index contributed by atoms with van der Waals surface area (Å²) in [4.78, 5) is 11.9. The Morgan fingerprint density at radius 1 is 1.35 bits per heavy atom. The molecule has 3 heteroatoms. The Hall–Kier alpha value is -1.35. The molecule has 1 aromatic carbocycles. The number of hydrogen-bond acceptors (Lipinski definition) is 2. The van der Waals surface area contributed by atoms with Crippen molar-refractivity contribution >= 4 is 5.97 Å². The molecule has 0 amide bonds. The Morgan fingerprint density at radius 3 is 2.53 bits per heavy atom. The third-order valence-corrected chi connectivity index (χ3v) is 3.11. The zero-order chi connectivity index (χ0) is 12.7. The molecule has 3 nitrogen and oxygen atoms in total. The molecule has 0 aromatic heterocycles. The lowest BCUT2D eigenvalue weighted by Gasteiger charge is -2.17. The molecule has 0 bridgehead atoms. The number of benzene rings is 1. The van der Waals surface area contributed by atoms with Crippen LogP contribution in [-0.2, 0) is 16.1 Å². The summed E-state index contributed by atoms with van der Waals surface area (Å²) >= 11 is 0. The summed E-state index contributed by atoms with van der Waals surface area (Å²) in [6.07, 6.45) is 0.982. The maximum Gasteiger partial charge on any atom is 0.365 e. The van der Waals surface area contributed by atoms with Crippen molar-refractivity contribution in [1.29, 1.82) is 0 Å². The van der Waals surface area contributed by atoms with Crippen LogP contribution < -0.4 is 5.32 Å². The van der Waals surface area contributed by atoms with E-state index in [0.29, 0.717) is 12.5 Å². The summed E-state index contributed by atoms with van der Waals surface area (Å²) in [7, 11) is 1.92. The van der Waals surface area contributed by atoms with E-state index in [1.54, 1.807) is 0 Å². The molecule has 0 spiro atoms.